The summed E-state index contributed by atoms with van der Waals surface area (Å²) in [4.78, 5) is 0. The first-order valence-corrected chi connectivity index (χ1v) is 7.84. The van der Waals surface area contributed by atoms with Crippen LogP contribution >= 0.6 is 31.9 Å². The van der Waals surface area contributed by atoms with Crippen LogP contribution in [0.2, 0.25) is 0 Å². The average Bonchev–Trinajstić information content (AvgIpc) is 2.97. The van der Waals surface area contributed by atoms with E-state index in [1.807, 2.05) is 48.5 Å². The molecular weight excluding hydrogens is 398 g/mol. The number of halogens is 2. The van der Waals surface area contributed by atoms with Gasteiger partial charge in [-0.25, -0.2) is 0 Å². The molecule has 0 amide bonds. The van der Waals surface area contributed by atoms with Gasteiger partial charge in [-0.3, -0.25) is 0 Å². The van der Waals surface area contributed by atoms with E-state index in [1.165, 1.54) is 0 Å². The minimum atomic E-state index is 0.525. The van der Waals surface area contributed by atoms with E-state index in [2.05, 4.69) is 52.7 Å². The Morgan fingerprint density at radius 3 is 2.67 bits per heavy atom. The van der Waals surface area contributed by atoms with Crippen molar-refractivity contribution in [1.29, 1.82) is 0 Å². The third-order valence-electron chi connectivity index (χ3n) is 2.90. The van der Waals surface area contributed by atoms with E-state index < -0.39 is 0 Å². The Morgan fingerprint density at radius 1 is 1.05 bits per heavy atom. The molecule has 0 aliphatic carbocycles. The molecular formula is C14H11Br2N5. The molecule has 21 heavy (non-hydrogen) atoms. The zero-order valence-corrected chi connectivity index (χ0v) is 14.0. The maximum absolute atomic E-state index is 4.07. The zero-order chi connectivity index (χ0) is 14.7. The van der Waals surface area contributed by atoms with Crippen molar-refractivity contribution in [2.45, 2.75) is 6.54 Å². The van der Waals surface area contributed by atoms with Gasteiger partial charge in [-0.1, -0.05) is 34.1 Å². The van der Waals surface area contributed by atoms with Crippen molar-refractivity contribution in [2.24, 2.45) is 0 Å². The van der Waals surface area contributed by atoms with Crippen molar-refractivity contribution in [3.05, 3.63) is 63.3 Å². The number of hydrogen-bond acceptors (Lipinski definition) is 4. The Hall–Kier alpha value is -1.73. The fourth-order valence-electron chi connectivity index (χ4n) is 1.89. The minimum Gasteiger partial charge on any atom is -0.377 e. The predicted molar refractivity (Wildman–Crippen MR) is 88.3 cm³/mol. The highest BCUT2D eigenvalue weighted by atomic mass is 79.9. The first-order valence-electron chi connectivity index (χ1n) is 6.25. The van der Waals surface area contributed by atoms with Gasteiger partial charge in [-0.05, 0) is 56.7 Å². The van der Waals surface area contributed by atoms with E-state index >= 15 is 0 Å². The average molecular weight is 409 g/mol. The quantitative estimate of drug-likeness (QED) is 0.713. The van der Waals surface area contributed by atoms with Crippen LogP contribution in [-0.4, -0.2) is 20.2 Å². The van der Waals surface area contributed by atoms with Crippen molar-refractivity contribution in [2.75, 3.05) is 5.32 Å². The van der Waals surface area contributed by atoms with E-state index in [4.69, 9.17) is 0 Å². The van der Waals surface area contributed by atoms with Gasteiger partial charge in [0.15, 0.2) is 5.82 Å². The van der Waals surface area contributed by atoms with Crippen LogP contribution < -0.4 is 5.32 Å². The standard InChI is InChI=1S/C14H11Br2N5/c15-10-6-7-12(16)13(8-10)17-9-14-18-19-20-21(14)11-4-2-1-3-5-11/h1-8,17H,9H2. The molecule has 0 bridgehead atoms. The molecule has 2 aromatic carbocycles. The number of para-hydroxylation sites is 1. The van der Waals surface area contributed by atoms with Gasteiger partial charge in [-0.15, -0.1) is 5.10 Å². The second kappa shape index (κ2) is 6.36. The fourth-order valence-corrected chi connectivity index (χ4v) is 2.64. The van der Waals surface area contributed by atoms with Crippen molar-refractivity contribution in [3.63, 3.8) is 0 Å². The van der Waals surface area contributed by atoms with Crippen LogP contribution in [0, 0.1) is 0 Å². The molecule has 1 N–H and O–H groups in total. The largest absolute Gasteiger partial charge is 0.377 e. The maximum atomic E-state index is 4.07. The second-order valence-corrected chi connectivity index (χ2v) is 6.09. The van der Waals surface area contributed by atoms with Crippen LogP contribution in [0.5, 0.6) is 0 Å². The third-order valence-corrected chi connectivity index (χ3v) is 4.08. The molecule has 0 unspecified atom stereocenters. The van der Waals surface area contributed by atoms with E-state index in [0.29, 0.717) is 6.54 Å². The fraction of sp³-hybridized carbons (Fsp3) is 0.0714. The summed E-state index contributed by atoms with van der Waals surface area (Å²) in [7, 11) is 0. The number of aromatic nitrogens is 4. The topological polar surface area (TPSA) is 55.6 Å². The van der Waals surface area contributed by atoms with Crippen LogP contribution in [-0.2, 0) is 6.54 Å². The van der Waals surface area contributed by atoms with Crippen LogP contribution in [0.15, 0.2) is 57.5 Å². The lowest BCUT2D eigenvalue weighted by Crippen LogP contribution is -2.08. The predicted octanol–water partition coefficient (Wildman–Crippen LogP) is 3.80. The van der Waals surface area contributed by atoms with Crippen molar-refractivity contribution < 1.29 is 0 Å². The molecule has 0 fully saturated rings. The Bertz CT molecular complexity index is 742. The first-order chi connectivity index (χ1) is 10.2. The van der Waals surface area contributed by atoms with Gasteiger partial charge >= 0.3 is 0 Å². The molecule has 0 aliphatic heterocycles. The normalized spacial score (nSPS) is 10.6. The first kappa shape index (κ1) is 14.2. The zero-order valence-electron chi connectivity index (χ0n) is 10.9. The molecule has 1 aromatic heterocycles. The molecule has 3 rings (SSSR count). The van der Waals surface area contributed by atoms with E-state index in [1.54, 1.807) is 4.68 Å². The summed E-state index contributed by atoms with van der Waals surface area (Å²) in [5.74, 6) is 0.744. The molecule has 1 heterocycles. The Balaban J connectivity index is 1.81. The van der Waals surface area contributed by atoms with E-state index in [0.717, 1.165) is 26.1 Å². The van der Waals surface area contributed by atoms with Crippen molar-refractivity contribution in [3.8, 4) is 5.69 Å². The summed E-state index contributed by atoms with van der Waals surface area (Å²) in [6, 6.07) is 15.8. The summed E-state index contributed by atoms with van der Waals surface area (Å²) in [6.45, 7) is 0.525. The van der Waals surface area contributed by atoms with Crippen molar-refractivity contribution in [1.82, 2.24) is 20.2 Å². The lowest BCUT2D eigenvalue weighted by molar-refractivity contribution is 0.768. The van der Waals surface area contributed by atoms with Crippen molar-refractivity contribution >= 4 is 37.5 Å². The highest BCUT2D eigenvalue weighted by molar-refractivity contribution is 9.11. The minimum absolute atomic E-state index is 0.525. The monoisotopic (exact) mass is 407 g/mol. The molecule has 106 valence electrons. The Morgan fingerprint density at radius 2 is 1.86 bits per heavy atom. The van der Waals surface area contributed by atoms with Gasteiger partial charge in [0.2, 0.25) is 0 Å². The summed E-state index contributed by atoms with van der Waals surface area (Å²) in [5.41, 5.74) is 1.92. The molecule has 0 radical (unpaired) electrons. The van der Waals surface area contributed by atoms with Crippen LogP contribution in [0.4, 0.5) is 5.69 Å². The Labute approximate surface area is 138 Å². The number of rotatable bonds is 4. The van der Waals surface area contributed by atoms with Gasteiger partial charge in [0.05, 0.1) is 12.2 Å². The maximum Gasteiger partial charge on any atom is 0.175 e. The lowest BCUT2D eigenvalue weighted by Gasteiger charge is -2.09. The molecule has 3 aromatic rings. The summed E-state index contributed by atoms with van der Waals surface area (Å²) in [6.07, 6.45) is 0. The van der Waals surface area contributed by atoms with Gasteiger partial charge < -0.3 is 5.32 Å². The SMILES string of the molecule is Brc1ccc(Br)c(NCc2nnnn2-c2ccccc2)c1. The number of benzene rings is 2. The van der Waals surface area contributed by atoms with Gasteiger partial charge in [0.25, 0.3) is 0 Å². The van der Waals surface area contributed by atoms with Crippen LogP contribution in [0.1, 0.15) is 5.82 Å². The summed E-state index contributed by atoms with van der Waals surface area (Å²) in [5, 5.41) is 15.2. The molecule has 7 heteroatoms. The number of anilines is 1. The van der Waals surface area contributed by atoms with Crippen LogP contribution in [0.25, 0.3) is 5.69 Å². The van der Waals surface area contributed by atoms with E-state index in [-0.39, 0.29) is 0 Å². The highest BCUT2D eigenvalue weighted by Crippen LogP contribution is 2.26. The molecule has 5 nitrogen and oxygen atoms in total. The molecule has 0 aliphatic rings. The number of hydrogen-bond donors (Lipinski definition) is 1. The summed E-state index contributed by atoms with van der Waals surface area (Å²) >= 11 is 6.98. The van der Waals surface area contributed by atoms with E-state index in [9.17, 15) is 0 Å². The highest BCUT2D eigenvalue weighted by Gasteiger charge is 2.08. The number of tetrazole rings is 1. The molecule has 0 spiro atoms. The second-order valence-electron chi connectivity index (χ2n) is 4.32. The molecule has 0 atom stereocenters. The Kier molecular flexibility index (Phi) is 4.31. The number of nitrogens with one attached hydrogen (secondary N) is 1. The van der Waals surface area contributed by atoms with Gasteiger partial charge in [0.1, 0.15) is 0 Å². The lowest BCUT2D eigenvalue weighted by atomic mass is 10.3. The molecule has 0 saturated carbocycles. The van der Waals surface area contributed by atoms with Gasteiger partial charge in [-0.2, -0.15) is 4.68 Å². The van der Waals surface area contributed by atoms with Gasteiger partial charge in [0, 0.05) is 14.6 Å². The summed E-state index contributed by atoms with van der Waals surface area (Å²) < 4.78 is 3.72. The van der Waals surface area contributed by atoms with Crippen LogP contribution in [0.3, 0.4) is 0 Å². The molecule has 0 saturated heterocycles. The third kappa shape index (κ3) is 3.30. The smallest absolute Gasteiger partial charge is 0.175 e. The number of nitrogens with zero attached hydrogens (tertiary/aromatic N) is 4.